The highest BCUT2D eigenvalue weighted by Gasteiger charge is 2.31. The molecular weight excluding hydrogens is 502 g/mol. The Kier molecular flexibility index (Phi) is 10.6. The number of amides is 2. The Balaban J connectivity index is 1.94. The zero-order valence-corrected chi connectivity index (χ0v) is 21.6. The topological polar surface area (TPSA) is 58.6 Å². The second kappa shape index (κ2) is 13.9. The van der Waals surface area contributed by atoms with Gasteiger partial charge in [-0.3, -0.25) is 9.59 Å². The number of ether oxygens (including phenoxy) is 1. The first kappa shape index (κ1) is 27.5. The van der Waals surface area contributed by atoms with Gasteiger partial charge in [0.1, 0.15) is 6.04 Å². The summed E-state index contributed by atoms with van der Waals surface area (Å²) in [5.41, 5.74) is 1.39. The van der Waals surface area contributed by atoms with E-state index in [0.29, 0.717) is 22.2 Å². The van der Waals surface area contributed by atoms with Crippen LogP contribution >= 0.6 is 23.2 Å². The molecule has 0 aliphatic rings. The van der Waals surface area contributed by atoms with Crippen LogP contribution in [-0.4, -0.2) is 35.9 Å². The largest absolute Gasteiger partial charge is 0.481 e. The van der Waals surface area contributed by atoms with E-state index < -0.39 is 24.4 Å². The Morgan fingerprint density at radius 2 is 1.64 bits per heavy atom. The summed E-state index contributed by atoms with van der Waals surface area (Å²) in [5, 5.41) is 3.69. The second-order valence-electron chi connectivity index (χ2n) is 8.29. The fourth-order valence-corrected chi connectivity index (χ4v) is 4.22. The number of nitrogens with one attached hydrogen (secondary N) is 1. The van der Waals surface area contributed by atoms with Gasteiger partial charge in [0.15, 0.2) is 18.2 Å². The van der Waals surface area contributed by atoms with E-state index >= 15 is 0 Å². The van der Waals surface area contributed by atoms with Gasteiger partial charge in [0.25, 0.3) is 5.91 Å². The fraction of sp³-hybridized carbons (Fsp3) is 0.286. The maximum atomic E-state index is 14.1. The summed E-state index contributed by atoms with van der Waals surface area (Å²) in [6.07, 6.45) is 1.99. The van der Waals surface area contributed by atoms with Crippen LogP contribution in [0.15, 0.2) is 72.8 Å². The molecule has 0 bridgehead atoms. The van der Waals surface area contributed by atoms with Crippen LogP contribution in [0.1, 0.15) is 30.9 Å². The van der Waals surface area contributed by atoms with Crippen LogP contribution in [0.5, 0.6) is 5.75 Å². The lowest BCUT2D eigenvalue weighted by molar-refractivity contribution is -0.142. The molecule has 8 heteroatoms. The Morgan fingerprint density at radius 3 is 2.31 bits per heavy atom. The number of halogens is 3. The first-order valence-electron chi connectivity index (χ1n) is 11.8. The maximum Gasteiger partial charge on any atom is 0.261 e. The zero-order valence-electron chi connectivity index (χ0n) is 20.1. The Morgan fingerprint density at radius 1 is 0.972 bits per heavy atom. The lowest BCUT2D eigenvalue weighted by atomic mass is 10.0. The number of hydrogen-bond acceptors (Lipinski definition) is 3. The van der Waals surface area contributed by atoms with Crippen molar-refractivity contribution in [2.75, 3.05) is 13.2 Å². The molecule has 36 heavy (non-hydrogen) atoms. The van der Waals surface area contributed by atoms with Crippen LogP contribution in [0.3, 0.4) is 0 Å². The SMILES string of the molecule is CCCCNC(=O)C(Cc1ccccc1)N(Cc1c(Cl)cccc1Cl)C(=O)COc1ccccc1F. The number of unbranched alkanes of at least 4 members (excludes halogenated alkanes) is 1. The van der Waals surface area contributed by atoms with Crippen LogP contribution in [0, 0.1) is 5.82 Å². The summed E-state index contributed by atoms with van der Waals surface area (Å²) >= 11 is 12.8. The highest BCUT2D eigenvalue weighted by molar-refractivity contribution is 6.36. The molecule has 0 aromatic heterocycles. The smallest absolute Gasteiger partial charge is 0.261 e. The van der Waals surface area contributed by atoms with E-state index in [-0.39, 0.29) is 24.6 Å². The van der Waals surface area contributed by atoms with Crippen LogP contribution < -0.4 is 10.1 Å². The third-order valence-electron chi connectivity index (χ3n) is 5.68. The van der Waals surface area contributed by atoms with Crippen molar-refractivity contribution in [1.29, 1.82) is 0 Å². The number of rotatable bonds is 12. The molecule has 1 atom stereocenters. The minimum Gasteiger partial charge on any atom is -0.481 e. The van der Waals surface area contributed by atoms with Gasteiger partial charge in [-0.25, -0.2) is 4.39 Å². The first-order chi connectivity index (χ1) is 17.4. The van der Waals surface area contributed by atoms with Gasteiger partial charge in [-0.2, -0.15) is 0 Å². The average molecular weight is 531 g/mol. The Bertz CT molecular complexity index is 1140. The second-order valence-corrected chi connectivity index (χ2v) is 9.11. The van der Waals surface area contributed by atoms with E-state index in [0.717, 1.165) is 18.4 Å². The van der Waals surface area contributed by atoms with Crippen LogP contribution in [0.4, 0.5) is 4.39 Å². The van der Waals surface area contributed by atoms with Gasteiger partial charge in [0.2, 0.25) is 5.91 Å². The van der Waals surface area contributed by atoms with Crippen molar-refractivity contribution in [2.24, 2.45) is 0 Å². The van der Waals surface area contributed by atoms with E-state index in [1.54, 1.807) is 24.3 Å². The molecule has 190 valence electrons. The summed E-state index contributed by atoms with van der Waals surface area (Å²) in [5.74, 6) is -1.42. The van der Waals surface area contributed by atoms with Crippen LogP contribution in [0.25, 0.3) is 0 Å². The van der Waals surface area contributed by atoms with Crippen LogP contribution in [-0.2, 0) is 22.6 Å². The van der Waals surface area contributed by atoms with Crippen LogP contribution in [0.2, 0.25) is 10.0 Å². The van der Waals surface area contributed by atoms with E-state index in [4.69, 9.17) is 27.9 Å². The minimum atomic E-state index is -0.867. The third kappa shape index (κ3) is 7.70. The molecule has 3 aromatic rings. The van der Waals surface area contributed by atoms with E-state index in [1.807, 2.05) is 37.3 Å². The predicted molar refractivity (Wildman–Crippen MR) is 141 cm³/mol. The van der Waals surface area contributed by atoms with Gasteiger partial charge in [0.05, 0.1) is 0 Å². The summed E-state index contributed by atoms with van der Waals surface area (Å²) in [7, 11) is 0. The van der Waals surface area contributed by atoms with Crippen molar-refractivity contribution in [3.05, 3.63) is 99.8 Å². The lowest BCUT2D eigenvalue weighted by Crippen LogP contribution is -2.52. The number of carbonyl (C=O) groups excluding carboxylic acids is 2. The summed E-state index contributed by atoms with van der Waals surface area (Å²) < 4.78 is 19.6. The Labute approximate surface area is 221 Å². The highest BCUT2D eigenvalue weighted by Crippen LogP contribution is 2.27. The standard InChI is InChI=1S/C28H29Cl2FN2O3/c1-2-3-16-32-28(35)25(17-20-10-5-4-6-11-20)33(18-21-22(29)12-9-13-23(21)30)27(34)19-36-26-15-8-7-14-24(26)31/h4-15,25H,2-3,16-19H2,1H3,(H,32,35). The van der Waals surface area contributed by atoms with Gasteiger partial charge in [-0.1, -0.05) is 85.1 Å². The normalized spacial score (nSPS) is 11.6. The van der Waals surface area contributed by atoms with E-state index in [9.17, 15) is 14.0 Å². The lowest BCUT2D eigenvalue weighted by Gasteiger charge is -2.32. The van der Waals surface area contributed by atoms with Crippen molar-refractivity contribution in [3.63, 3.8) is 0 Å². The molecule has 0 saturated carbocycles. The quantitative estimate of drug-likeness (QED) is 0.289. The molecule has 0 fully saturated rings. The highest BCUT2D eigenvalue weighted by atomic mass is 35.5. The van der Waals surface area contributed by atoms with Crippen molar-refractivity contribution in [1.82, 2.24) is 10.2 Å². The molecule has 3 rings (SSSR count). The summed E-state index contributed by atoms with van der Waals surface area (Å²) in [4.78, 5) is 28.3. The maximum absolute atomic E-state index is 14.1. The van der Waals surface area contributed by atoms with Gasteiger partial charge in [-0.15, -0.1) is 0 Å². The predicted octanol–water partition coefficient (Wildman–Crippen LogP) is 6.07. The van der Waals surface area contributed by atoms with E-state index in [1.165, 1.54) is 23.1 Å². The van der Waals surface area contributed by atoms with Crippen molar-refractivity contribution < 1.29 is 18.7 Å². The number of para-hydroxylation sites is 1. The molecule has 0 spiro atoms. The first-order valence-corrected chi connectivity index (χ1v) is 12.6. The summed E-state index contributed by atoms with van der Waals surface area (Å²) in [6.45, 7) is 2.04. The number of nitrogens with zero attached hydrogens (tertiary/aromatic N) is 1. The number of carbonyl (C=O) groups is 2. The molecule has 1 unspecified atom stereocenters. The monoisotopic (exact) mass is 530 g/mol. The molecule has 5 nitrogen and oxygen atoms in total. The molecular formula is C28H29Cl2FN2O3. The minimum absolute atomic E-state index is 0.0172. The molecule has 0 aliphatic carbocycles. The molecule has 1 N–H and O–H groups in total. The fourth-order valence-electron chi connectivity index (χ4n) is 3.70. The van der Waals surface area contributed by atoms with E-state index in [2.05, 4.69) is 5.32 Å². The van der Waals surface area contributed by atoms with Gasteiger partial charge >= 0.3 is 0 Å². The molecule has 0 heterocycles. The average Bonchev–Trinajstić information content (AvgIpc) is 2.87. The molecule has 2 amide bonds. The molecule has 3 aromatic carbocycles. The van der Waals surface area contributed by atoms with Crippen molar-refractivity contribution in [3.8, 4) is 5.75 Å². The number of benzene rings is 3. The summed E-state index contributed by atoms with van der Waals surface area (Å²) in [6, 6.07) is 19.5. The molecule has 0 aliphatic heterocycles. The Hall–Kier alpha value is -3.09. The van der Waals surface area contributed by atoms with Gasteiger partial charge in [-0.05, 0) is 36.2 Å². The van der Waals surface area contributed by atoms with Gasteiger partial charge < -0.3 is 15.0 Å². The number of hydrogen-bond donors (Lipinski definition) is 1. The van der Waals surface area contributed by atoms with Crippen molar-refractivity contribution in [2.45, 2.75) is 38.8 Å². The van der Waals surface area contributed by atoms with Crippen molar-refractivity contribution >= 4 is 35.0 Å². The molecule has 0 saturated heterocycles. The molecule has 0 radical (unpaired) electrons. The zero-order chi connectivity index (χ0) is 25.9. The third-order valence-corrected chi connectivity index (χ3v) is 6.39. The van der Waals surface area contributed by atoms with Gasteiger partial charge in [0, 0.05) is 35.1 Å².